The van der Waals surface area contributed by atoms with Gasteiger partial charge in [0.05, 0.1) is 39.9 Å². The van der Waals surface area contributed by atoms with Gasteiger partial charge in [0.25, 0.3) is 0 Å². The Bertz CT molecular complexity index is 907. The Kier molecular flexibility index (Phi) is 35.0. The van der Waals surface area contributed by atoms with E-state index in [9.17, 15) is 19.4 Å². The topological polar surface area (TPSA) is 105 Å². The number of amides is 1. The van der Waals surface area contributed by atoms with Gasteiger partial charge in [-0.15, -0.1) is 0 Å². The number of aliphatic hydroxyl groups is 1. The van der Waals surface area contributed by atoms with Gasteiger partial charge in [0, 0.05) is 6.42 Å². The van der Waals surface area contributed by atoms with Gasteiger partial charge in [-0.2, -0.15) is 0 Å². The smallest absolute Gasteiger partial charge is 0.387 e. The van der Waals surface area contributed by atoms with Gasteiger partial charge in [-0.1, -0.05) is 167 Å². The Labute approximate surface area is 322 Å². The number of phosphoric ester groups is 1. The number of likely N-dealkylation sites (N-methyl/N-ethyl adjacent to an activating group) is 1. The van der Waals surface area contributed by atoms with Crippen LogP contribution in [0.15, 0.2) is 24.3 Å². The predicted octanol–water partition coefficient (Wildman–Crippen LogP) is 11.7. The van der Waals surface area contributed by atoms with Crippen molar-refractivity contribution in [2.24, 2.45) is 0 Å². The lowest BCUT2D eigenvalue weighted by atomic mass is 10.0. The van der Waals surface area contributed by atoms with Crippen LogP contribution in [0.2, 0.25) is 0 Å². The van der Waals surface area contributed by atoms with Gasteiger partial charge in [0.1, 0.15) is 13.2 Å². The number of aliphatic hydroxyl groups excluding tert-OH is 1. The zero-order valence-electron chi connectivity index (χ0n) is 34.8. The Morgan fingerprint density at radius 2 is 1.04 bits per heavy atom. The summed E-state index contributed by atoms with van der Waals surface area (Å²) < 4.78 is 23.5. The second-order valence-electron chi connectivity index (χ2n) is 16.1. The number of phosphoric acid groups is 1. The number of quaternary nitrogens is 1. The molecule has 0 rings (SSSR count). The van der Waals surface area contributed by atoms with E-state index in [0.717, 1.165) is 38.5 Å². The number of hydrogen-bond donors (Lipinski definition) is 3. The molecule has 9 heteroatoms. The molecule has 3 N–H and O–H groups in total. The molecule has 0 aromatic carbocycles. The summed E-state index contributed by atoms with van der Waals surface area (Å²) in [5.74, 6) is -0.183. The highest BCUT2D eigenvalue weighted by atomic mass is 31.2. The second-order valence-corrected chi connectivity index (χ2v) is 17.5. The van der Waals surface area contributed by atoms with Crippen LogP contribution in [-0.2, 0) is 18.4 Å². The van der Waals surface area contributed by atoms with Gasteiger partial charge >= 0.3 is 7.82 Å². The standard InChI is InChI=1S/C43H85N2O6P/c1-6-8-10-12-14-16-18-20-22-24-26-28-30-32-34-36-42(46)41(40-51-52(48,49)50-39-38-45(3,4)5)44-43(47)37-35-33-31-29-27-25-23-21-19-17-15-13-11-9-7-2/h17,19,34,36,41-42,46H,6-16,18,20-33,35,37-40H2,1-5H3,(H-,44,47,48,49)/p+1/b19-17-,36-34+. The first-order chi connectivity index (χ1) is 25.0. The molecule has 0 aliphatic rings. The van der Waals surface area contributed by atoms with Crippen LogP contribution in [0.3, 0.4) is 0 Å². The molecule has 0 saturated heterocycles. The number of rotatable bonds is 39. The summed E-state index contributed by atoms with van der Waals surface area (Å²) in [5, 5.41) is 13.8. The highest BCUT2D eigenvalue weighted by Crippen LogP contribution is 2.43. The predicted molar refractivity (Wildman–Crippen MR) is 221 cm³/mol. The van der Waals surface area contributed by atoms with Crippen molar-refractivity contribution < 1.29 is 32.9 Å². The maximum Gasteiger partial charge on any atom is 0.472 e. The van der Waals surface area contributed by atoms with E-state index in [0.29, 0.717) is 17.4 Å². The zero-order valence-corrected chi connectivity index (χ0v) is 35.7. The third-order valence-corrected chi connectivity index (χ3v) is 10.6. The summed E-state index contributed by atoms with van der Waals surface area (Å²) >= 11 is 0. The van der Waals surface area contributed by atoms with Crippen LogP contribution in [0.4, 0.5) is 0 Å². The number of hydrogen-bond acceptors (Lipinski definition) is 5. The van der Waals surface area contributed by atoms with E-state index in [-0.39, 0.29) is 19.1 Å². The number of unbranched alkanes of at least 4 members (excludes halogenated alkanes) is 24. The summed E-state index contributed by atoms with van der Waals surface area (Å²) in [6.07, 6.45) is 40.9. The van der Waals surface area contributed by atoms with E-state index in [1.54, 1.807) is 6.08 Å². The van der Waals surface area contributed by atoms with Crippen molar-refractivity contribution in [2.75, 3.05) is 40.9 Å². The van der Waals surface area contributed by atoms with Crippen molar-refractivity contribution in [2.45, 2.75) is 206 Å². The molecule has 1 amide bonds. The SMILES string of the molecule is CCCCCC/C=C\CCCCCCCCCC(=O)NC(COP(=O)(O)OCC[N+](C)(C)C)C(O)/C=C/CCCCCCCCCCCCCCC. The van der Waals surface area contributed by atoms with Crippen molar-refractivity contribution in [3.63, 3.8) is 0 Å². The van der Waals surface area contributed by atoms with Gasteiger partial charge < -0.3 is 19.8 Å². The lowest BCUT2D eigenvalue weighted by Crippen LogP contribution is -2.45. The Morgan fingerprint density at radius 1 is 0.635 bits per heavy atom. The maximum absolute atomic E-state index is 12.8. The molecule has 3 atom stereocenters. The Balaban J connectivity index is 4.46. The molecule has 0 heterocycles. The normalized spacial score (nSPS) is 14.7. The number of carbonyl (C=O) groups is 1. The minimum absolute atomic E-state index is 0.0616. The number of nitrogens with zero attached hydrogens (tertiary/aromatic N) is 1. The van der Waals surface area contributed by atoms with E-state index in [1.165, 1.54) is 135 Å². The molecule has 0 bridgehead atoms. The monoisotopic (exact) mass is 758 g/mol. The second kappa shape index (κ2) is 35.7. The average Bonchev–Trinajstić information content (AvgIpc) is 3.09. The van der Waals surface area contributed by atoms with Gasteiger partial charge in [0.2, 0.25) is 5.91 Å². The van der Waals surface area contributed by atoms with Gasteiger partial charge in [0.15, 0.2) is 0 Å². The Hall–Kier alpha value is -1.02. The molecule has 0 aliphatic heterocycles. The molecule has 308 valence electrons. The molecule has 0 aromatic heterocycles. The minimum Gasteiger partial charge on any atom is -0.387 e. The highest BCUT2D eigenvalue weighted by molar-refractivity contribution is 7.47. The van der Waals surface area contributed by atoms with Crippen molar-refractivity contribution in [3.8, 4) is 0 Å². The molecular weight excluding hydrogens is 671 g/mol. The molecule has 3 unspecified atom stereocenters. The third-order valence-electron chi connectivity index (χ3n) is 9.67. The largest absolute Gasteiger partial charge is 0.472 e. The Morgan fingerprint density at radius 3 is 1.50 bits per heavy atom. The first kappa shape index (κ1) is 51.0. The molecule has 52 heavy (non-hydrogen) atoms. The molecular formula is C43H86N2O6P+. The van der Waals surface area contributed by atoms with Crippen LogP contribution in [0.1, 0.15) is 194 Å². The quantitative estimate of drug-likeness (QED) is 0.0250. The first-order valence-electron chi connectivity index (χ1n) is 21.7. The molecule has 0 fully saturated rings. The van der Waals surface area contributed by atoms with E-state index in [1.807, 2.05) is 27.2 Å². The van der Waals surface area contributed by atoms with Crippen LogP contribution >= 0.6 is 7.82 Å². The molecule has 0 aromatic rings. The van der Waals surface area contributed by atoms with E-state index >= 15 is 0 Å². The van der Waals surface area contributed by atoms with E-state index in [2.05, 4.69) is 31.3 Å². The summed E-state index contributed by atoms with van der Waals surface area (Å²) in [7, 11) is 1.57. The zero-order chi connectivity index (χ0) is 38.6. The number of carbonyl (C=O) groups excluding carboxylic acids is 1. The molecule has 0 saturated carbocycles. The van der Waals surface area contributed by atoms with Crippen molar-refractivity contribution >= 4 is 13.7 Å². The van der Waals surface area contributed by atoms with Crippen LogP contribution in [0.5, 0.6) is 0 Å². The first-order valence-corrected chi connectivity index (χ1v) is 23.2. The van der Waals surface area contributed by atoms with Gasteiger partial charge in [-0.05, 0) is 44.9 Å². The van der Waals surface area contributed by atoms with Gasteiger partial charge in [-0.3, -0.25) is 13.8 Å². The lowest BCUT2D eigenvalue weighted by Gasteiger charge is -2.25. The summed E-state index contributed by atoms with van der Waals surface area (Å²) in [4.78, 5) is 23.1. The van der Waals surface area contributed by atoms with Crippen molar-refractivity contribution in [3.05, 3.63) is 24.3 Å². The van der Waals surface area contributed by atoms with Crippen molar-refractivity contribution in [1.29, 1.82) is 0 Å². The maximum atomic E-state index is 12.8. The fourth-order valence-corrected chi connectivity index (χ4v) is 6.89. The van der Waals surface area contributed by atoms with Crippen LogP contribution in [0, 0.1) is 0 Å². The average molecular weight is 758 g/mol. The molecule has 0 radical (unpaired) electrons. The number of allylic oxidation sites excluding steroid dienone is 3. The third kappa shape index (κ3) is 37.3. The van der Waals surface area contributed by atoms with Crippen LogP contribution in [0.25, 0.3) is 0 Å². The highest BCUT2D eigenvalue weighted by Gasteiger charge is 2.27. The van der Waals surface area contributed by atoms with Gasteiger partial charge in [-0.25, -0.2) is 4.57 Å². The minimum atomic E-state index is -4.33. The molecule has 0 aliphatic carbocycles. The molecule has 0 spiro atoms. The summed E-state index contributed by atoms with van der Waals surface area (Å²) in [5.41, 5.74) is 0. The fourth-order valence-electron chi connectivity index (χ4n) is 6.15. The van der Waals surface area contributed by atoms with Crippen LogP contribution in [-0.4, -0.2) is 73.4 Å². The van der Waals surface area contributed by atoms with E-state index in [4.69, 9.17) is 9.05 Å². The van der Waals surface area contributed by atoms with Crippen LogP contribution < -0.4 is 5.32 Å². The van der Waals surface area contributed by atoms with Crippen molar-refractivity contribution in [1.82, 2.24) is 5.32 Å². The fraction of sp³-hybridized carbons (Fsp3) is 0.884. The summed E-state index contributed by atoms with van der Waals surface area (Å²) in [6, 6.07) is -0.844. The molecule has 8 nitrogen and oxygen atoms in total. The lowest BCUT2D eigenvalue weighted by molar-refractivity contribution is -0.870. The number of nitrogens with one attached hydrogen (secondary N) is 1. The summed E-state index contributed by atoms with van der Waals surface area (Å²) in [6.45, 7) is 4.79. The van der Waals surface area contributed by atoms with E-state index < -0.39 is 20.0 Å².